The van der Waals surface area contributed by atoms with Gasteiger partial charge in [-0.25, -0.2) is 0 Å². The molecule has 0 atom stereocenters. The quantitative estimate of drug-likeness (QED) is 0.479. The third kappa shape index (κ3) is 2.79. The fraction of sp³-hybridized carbons (Fsp3) is 0.500. The molecule has 0 bridgehead atoms. The van der Waals surface area contributed by atoms with E-state index >= 15 is 0 Å². The van der Waals surface area contributed by atoms with Crippen LogP contribution in [0.4, 0.5) is 0 Å². The molecule has 5 heteroatoms. The first kappa shape index (κ1) is 8.88. The van der Waals surface area contributed by atoms with Gasteiger partial charge in [0.15, 0.2) is 0 Å². The zero-order valence-electron chi connectivity index (χ0n) is 4.52. The van der Waals surface area contributed by atoms with Crippen molar-refractivity contribution in [2.45, 2.75) is 11.4 Å². The van der Waals surface area contributed by atoms with E-state index in [0.29, 0.717) is 0 Å². The molecule has 1 N–H and O–H groups in total. The predicted octanol–water partition coefficient (Wildman–Crippen LogP) is 0.268. The molecular formula is C4H4Cl2O3. The Morgan fingerprint density at radius 1 is 1.44 bits per heavy atom. The van der Waals surface area contributed by atoms with Gasteiger partial charge in [0, 0.05) is 6.92 Å². The first-order valence-corrected chi connectivity index (χ1v) is 2.77. The van der Waals surface area contributed by atoms with Crippen molar-refractivity contribution in [1.82, 2.24) is 0 Å². The van der Waals surface area contributed by atoms with Crippen LogP contribution in [0.2, 0.25) is 0 Å². The largest absolute Gasteiger partial charge is 0.356 e. The maximum absolute atomic E-state index is 10.3. The van der Waals surface area contributed by atoms with Crippen LogP contribution in [0.5, 0.6) is 0 Å². The molecule has 0 aromatic carbocycles. The Balaban J connectivity index is 4.23. The van der Waals surface area contributed by atoms with E-state index in [4.69, 9.17) is 28.3 Å². The van der Waals surface area contributed by atoms with Gasteiger partial charge < -0.3 is 5.11 Å². The third-order valence-corrected chi connectivity index (χ3v) is 0.936. The summed E-state index contributed by atoms with van der Waals surface area (Å²) in [5.74, 6) is -2.09. The van der Waals surface area contributed by atoms with Gasteiger partial charge in [0.25, 0.3) is 10.3 Å². The van der Waals surface area contributed by atoms with Crippen LogP contribution >= 0.6 is 23.2 Å². The minimum atomic E-state index is -2.56. The molecular weight excluding hydrogens is 167 g/mol. The van der Waals surface area contributed by atoms with Gasteiger partial charge in [-0.15, -0.1) is 0 Å². The highest BCUT2D eigenvalue weighted by atomic mass is 35.5. The lowest BCUT2D eigenvalue weighted by Crippen LogP contribution is -2.30. The maximum Gasteiger partial charge on any atom is 0.283 e. The molecule has 0 heterocycles. The fourth-order valence-corrected chi connectivity index (χ4v) is 0.478. The highest BCUT2D eigenvalue weighted by Gasteiger charge is 2.33. The second kappa shape index (κ2) is 2.64. The van der Waals surface area contributed by atoms with Gasteiger partial charge in [-0.05, 0) is 0 Å². The second-order valence-corrected chi connectivity index (χ2v) is 2.71. The Hall–Kier alpha value is -0.120. The number of halogens is 2. The SMILES string of the molecule is CC(=O)C(=O)C(O)(Cl)Cl. The molecule has 0 aliphatic carbocycles. The summed E-state index contributed by atoms with van der Waals surface area (Å²) in [4.78, 5) is 20.4. The van der Waals surface area contributed by atoms with Gasteiger partial charge in [0.1, 0.15) is 0 Å². The smallest absolute Gasteiger partial charge is 0.283 e. The van der Waals surface area contributed by atoms with E-state index in [1.54, 1.807) is 0 Å². The lowest BCUT2D eigenvalue weighted by Gasteiger charge is -2.05. The van der Waals surface area contributed by atoms with Crippen molar-refractivity contribution in [3.8, 4) is 0 Å². The van der Waals surface area contributed by atoms with Crippen LogP contribution < -0.4 is 0 Å². The molecule has 0 aliphatic heterocycles. The van der Waals surface area contributed by atoms with E-state index in [1.807, 2.05) is 0 Å². The molecule has 3 nitrogen and oxygen atoms in total. The summed E-state index contributed by atoms with van der Waals surface area (Å²) in [6.45, 7) is 0.970. The van der Waals surface area contributed by atoms with Crippen LogP contribution in [-0.4, -0.2) is 21.2 Å². The lowest BCUT2D eigenvalue weighted by atomic mass is 10.3. The molecule has 0 fully saturated rings. The van der Waals surface area contributed by atoms with Crippen molar-refractivity contribution in [3.05, 3.63) is 0 Å². The molecule has 0 aliphatic rings. The van der Waals surface area contributed by atoms with E-state index < -0.39 is 16.1 Å². The van der Waals surface area contributed by atoms with Gasteiger partial charge in [-0.2, -0.15) is 0 Å². The van der Waals surface area contributed by atoms with Crippen LogP contribution in [0.3, 0.4) is 0 Å². The average molecular weight is 171 g/mol. The van der Waals surface area contributed by atoms with Crippen LogP contribution in [0.25, 0.3) is 0 Å². The summed E-state index contributed by atoms with van der Waals surface area (Å²) in [7, 11) is 0. The summed E-state index contributed by atoms with van der Waals surface area (Å²) >= 11 is 9.66. The number of ketones is 2. The summed E-state index contributed by atoms with van der Waals surface area (Å²) in [5.41, 5.74) is 0. The van der Waals surface area contributed by atoms with Crippen molar-refractivity contribution in [2.24, 2.45) is 0 Å². The molecule has 0 saturated heterocycles. The van der Waals surface area contributed by atoms with E-state index in [2.05, 4.69) is 0 Å². The highest BCUT2D eigenvalue weighted by molar-refractivity contribution is 6.65. The summed E-state index contributed by atoms with van der Waals surface area (Å²) in [6, 6.07) is 0. The molecule has 0 amide bonds. The number of Topliss-reactive ketones (excluding diaryl/α,β-unsaturated/α-hetero) is 2. The standard InChI is InChI=1S/C4H4Cl2O3/c1-2(7)3(8)4(5,6)9/h9H,1H3. The summed E-state index contributed by atoms with van der Waals surface area (Å²) < 4.78 is -2.56. The van der Waals surface area contributed by atoms with Crippen LogP contribution in [0.15, 0.2) is 0 Å². The Morgan fingerprint density at radius 3 is 1.78 bits per heavy atom. The predicted molar refractivity (Wildman–Crippen MR) is 32.3 cm³/mol. The molecule has 0 aromatic rings. The van der Waals surface area contributed by atoms with E-state index in [9.17, 15) is 9.59 Å². The van der Waals surface area contributed by atoms with Crippen molar-refractivity contribution < 1.29 is 14.7 Å². The first-order chi connectivity index (χ1) is 3.85. The van der Waals surface area contributed by atoms with Crippen molar-refractivity contribution >= 4 is 34.8 Å². The second-order valence-electron chi connectivity index (χ2n) is 1.43. The van der Waals surface area contributed by atoms with Gasteiger partial charge in [0.2, 0.25) is 5.78 Å². The number of alkyl halides is 2. The Bertz CT molecular complexity index is 146. The van der Waals surface area contributed by atoms with Gasteiger partial charge in [-0.1, -0.05) is 23.2 Å². The fourth-order valence-electron chi connectivity index (χ4n) is 0.212. The molecule has 9 heavy (non-hydrogen) atoms. The van der Waals surface area contributed by atoms with Crippen LogP contribution in [0, 0.1) is 0 Å². The van der Waals surface area contributed by atoms with E-state index in [-0.39, 0.29) is 0 Å². The molecule has 0 unspecified atom stereocenters. The first-order valence-electron chi connectivity index (χ1n) is 2.01. The van der Waals surface area contributed by atoms with E-state index in [1.165, 1.54) is 0 Å². The van der Waals surface area contributed by atoms with Crippen molar-refractivity contribution in [2.75, 3.05) is 0 Å². The van der Waals surface area contributed by atoms with Gasteiger partial charge in [0.05, 0.1) is 0 Å². The number of carbonyl (C=O) groups is 2. The zero-order chi connectivity index (χ0) is 7.65. The topological polar surface area (TPSA) is 54.4 Å². The average Bonchev–Trinajstić information content (AvgIpc) is 1.62. The maximum atomic E-state index is 10.3. The number of hydrogen-bond donors (Lipinski definition) is 1. The molecule has 0 rings (SSSR count). The van der Waals surface area contributed by atoms with Crippen molar-refractivity contribution in [3.63, 3.8) is 0 Å². The van der Waals surface area contributed by atoms with Gasteiger partial charge in [-0.3, -0.25) is 9.59 Å². The molecule has 0 spiro atoms. The number of hydrogen-bond acceptors (Lipinski definition) is 3. The molecule has 0 radical (unpaired) electrons. The summed E-state index contributed by atoms with van der Waals surface area (Å²) in [6.07, 6.45) is 0. The minimum Gasteiger partial charge on any atom is -0.356 e. The molecule has 52 valence electrons. The molecule has 0 aromatic heterocycles. The Labute approximate surface area is 61.6 Å². The molecule has 0 saturated carbocycles. The van der Waals surface area contributed by atoms with Crippen molar-refractivity contribution in [1.29, 1.82) is 0 Å². The van der Waals surface area contributed by atoms with Crippen LogP contribution in [0.1, 0.15) is 6.92 Å². The van der Waals surface area contributed by atoms with Gasteiger partial charge >= 0.3 is 0 Å². The number of aliphatic hydroxyl groups is 1. The number of rotatable bonds is 2. The van der Waals surface area contributed by atoms with E-state index in [0.717, 1.165) is 6.92 Å². The Morgan fingerprint density at radius 2 is 1.78 bits per heavy atom. The zero-order valence-corrected chi connectivity index (χ0v) is 6.03. The minimum absolute atomic E-state index is 0.873. The number of carbonyl (C=O) groups excluding carboxylic acids is 2. The van der Waals surface area contributed by atoms with Crippen LogP contribution in [-0.2, 0) is 9.59 Å². The normalized spacial score (nSPS) is 11.1. The summed E-state index contributed by atoms with van der Waals surface area (Å²) in [5, 5.41) is 8.42. The third-order valence-electron chi connectivity index (χ3n) is 0.593. The monoisotopic (exact) mass is 170 g/mol. The lowest BCUT2D eigenvalue weighted by molar-refractivity contribution is -0.139. The highest BCUT2D eigenvalue weighted by Crippen LogP contribution is 2.17. The Kier molecular flexibility index (Phi) is 2.61.